The lowest BCUT2D eigenvalue weighted by atomic mass is 10.1. The largest absolute Gasteiger partial charge is 0.355 e. The molecule has 0 saturated carbocycles. The van der Waals surface area contributed by atoms with Gasteiger partial charge in [0.2, 0.25) is 5.91 Å². The van der Waals surface area contributed by atoms with E-state index < -0.39 is 0 Å². The van der Waals surface area contributed by atoms with Gasteiger partial charge >= 0.3 is 0 Å². The summed E-state index contributed by atoms with van der Waals surface area (Å²) in [5.41, 5.74) is 3.59. The van der Waals surface area contributed by atoms with Crippen LogP contribution in [0, 0.1) is 5.92 Å². The highest BCUT2D eigenvalue weighted by Gasteiger charge is 2.27. The third-order valence-corrected chi connectivity index (χ3v) is 4.37. The number of pyridine rings is 1. The number of hydrogen-bond acceptors (Lipinski definition) is 2. The van der Waals surface area contributed by atoms with Crippen LogP contribution in [0.4, 0.5) is 0 Å². The lowest BCUT2D eigenvalue weighted by Gasteiger charge is -2.10. The lowest BCUT2D eigenvalue weighted by Crippen LogP contribution is -2.32. The molecule has 4 heteroatoms. The fraction of sp³-hybridized carbons (Fsp3) is 0.294. The highest BCUT2D eigenvalue weighted by atomic mass is 79.9. The first-order valence-corrected chi connectivity index (χ1v) is 7.96. The Bertz CT molecular complexity index is 642. The summed E-state index contributed by atoms with van der Waals surface area (Å²) < 4.78 is 1.08. The number of rotatable bonds is 4. The maximum absolute atomic E-state index is 12.2. The molecule has 0 fully saturated rings. The molecule has 108 valence electrons. The van der Waals surface area contributed by atoms with Crippen molar-refractivity contribution in [3.63, 3.8) is 0 Å². The Morgan fingerprint density at radius 1 is 1.24 bits per heavy atom. The zero-order valence-electron chi connectivity index (χ0n) is 11.7. The SMILES string of the molecule is O=C(NCCc1ccccn1)C1Cc2ccc(Br)cc2C1. The van der Waals surface area contributed by atoms with E-state index in [1.165, 1.54) is 11.1 Å². The van der Waals surface area contributed by atoms with Gasteiger partial charge in [0.15, 0.2) is 0 Å². The van der Waals surface area contributed by atoms with Gasteiger partial charge in [0.25, 0.3) is 0 Å². The van der Waals surface area contributed by atoms with E-state index in [4.69, 9.17) is 0 Å². The Labute approximate surface area is 132 Å². The van der Waals surface area contributed by atoms with Crippen LogP contribution in [0.3, 0.4) is 0 Å². The number of benzene rings is 1. The molecule has 1 aromatic heterocycles. The van der Waals surface area contributed by atoms with Gasteiger partial charge in [-0.05, 0) is 48.2 Å². The standard InChI is InChI=1S/C17H17BrN2O/c18-15-5-4-12-9-14(10-13(12)11-15)17(21)20-8-6-16-3-1-2-7-19-16/h1-5,7,11,14H,6,8-10H2,(H,20,21). The fourth-order valence-electron chi connectivity index (χ4n) is 2.78. The molecule has 1 unspecified atom stereocenters. The van der Waals surface area contributed by atoms with Crippen LogP contribution in [0.15, 0.2) is 47.1 Å². The van der Waals surface area contributed by atoms with E-state index in [0.29, 0.717) is 6.54 Å². The van der Waals surface area contributed by atoms with Crippen LogP contribution >= 0.6 is 15.9 Å². The van der Waals surface area contributed by atoms with Crippen LogP contribution < -0.4 is 5.32 Å². The van der Waals surface area contributed by atoms with Crippen molar-refractivity contribution in [2.75, 3.05) is 6.54 Å². The molecule has 1 aliphatic rings. The van der Waals surface area contributed by atoms with Crippen molar-refractivity contribution < 1.29 is 4.79 Å². The molecule has 21 heavy (non-hydrogen) atoms. The van der Waals surface area contributed by atoms with Crippen LogP contribution in [-0.2, 0) is 24.1 Å². The number of nitrogens with one attached hydrogen (secondary N) is 1. The van der Waals surface area contributed by atoms with Crippen LogP contribution in [0.5, 0.6) is 0 Å². The molecule has 1 heterocycles. The second-order valence-corrected chi connectivity index (χ2v) is 6.30. The Morgan fingerprint density at radius 2 is 2.10 bits per heavy atom. The first-order valence-electron chi connectivity index (χ1n) is 7.17. The Kier molecular flexibility index (Phi) is 4.34. The smallest absolute Gasteiger partial charge is 0.223 e. The number of aromatic nitrogens is 1. The molecule has 3 rings (SSSR count). The summed E-state index contributed by atoms with van der Waals surface area (Å²) >= 11 is 3.48. The summed E-state index contributed by atoms with van der Waals surface area (Å²) in [5.74, 6) is 0.219. The van der Waals surface area contributed by atoms with E-state index in [1.807, 2.05) is 24.3 Å². The minimum atomic E-state index is 0.0676. The Morgan fingerprint density at radius 3 is 2.90 bits per heavy atom. The highest BCUT2D eigenvalue weighted by molar-refractivity contribution is 9.10. The fourth-order valence-corrected chi connectivity index (χ4v) is 3.18. The molecule has 1 atom stereocenters. The van der Waals surface area contributed by atoms with Gasteiger partial charge < -0.3 is 5.32 Å². The van der Waals surface area contributed by atoms with Gasteiger partial charge in [-0.2, -0.15) is 0 Å². The van der Waals surface area contributed by atoms with Crippen molar-refractivity contribution >= 4 is 21.8 Å². The average Bonchev–Trinajstić information content (AvgIpc) is 2.91. The summed E-state index contributed by atoms with van der Waals surface area (Å²) in [7, 11) is 0. The molecule has 0 bridgehead atoms. The predicted octanol–water partition coefficient (Wildman–Crippen LogP) is 2.92. The Balaban J connectivity index is 1.51. The van der Waals surface area contributed by atoms with E-state index in [-0.39, 0.29) is 11.8 Å². The minimum Gasteiger partial charge on any atom is -0.355 e. The predicted molar refractivity (Wildman–Crippen MR) is 86.0 cm³/mol. The number of carbonyl (C=O) groups is 1. The number of hydrogen-bond donors (Lipinski definition) is 1. The first kappa shape index (κ1) is 14.3. The first-order chi connectivity index (χ1) is 10.2. The van der Waals surface area contributed by atoms with E-state index >= 15 is 0 Å². The third-order valence-electron chi connectivity index (χ3n) is 3.88. The number of carbonyl (C=O) groups excluding carboxylic acids is 1. The zero-order chi connectivity index (χ0) is 14.7. The van der Waals surface area contributed by atoms with Gasteiger partial charge in [0, 0.05) is 35.2 Å². The molecule has 0 spiro atoms. The number of fused-ring (bicyclic) bond motifs is 1. The number of halogens is 1. The van der Waals surface area contributed by atoms with Crippen LogP contribution in [-0.4, -0.2) is 17.4 Å². The molecular weight excluding hydrogens is 328 g/mol. The number of amides is 1. The number of nitrogens with zero attached hydrogens (tertiary/aromatic N) is 1. The van der Waals surface area contributed by atoms with Gasteiger partial charge in [-0.25, -0.2) is 0 Å². The van der Waals surface area contributed by atoms with E-state index in [2.05, 4.69) is 38.4 Å². The molecule has 1 aromatic carbocycles. The van der Waals surface area contributed by atoms with Gasteiger partial charge in [-0.15, -0.1) is 0 Å². The molecule has 3 nitrogen and oxygen atoms in total. The van der Waals surface area contributed by atoms with E-state index in [0.717, 1.165) is 29.4 Å². The lowest BCUT2D eigenvalue weighted by molar-refractivity contribution is -0.124. The summed E-state index contributed by atoms with van der Waals surface area (Å²) in [5, 5.41) is 3.03. The van der Waals surface area contributed by atoms with Crippen molar-refractivity contribution in [2.45, 2.75) is 19.3 Å². The topological polar surface area (TPSA) is 42.0 Å². The molecule has 0 saturated heterocycles. The molecule has 0 aliphatic heterocycles. The van der Waals surface area contributed by atoms with Crippen molar-refractivity contribution in [2.24, 2.45) is 5.92 Å². The molecular formula is C17H17BrN2O. The van der Waals surface area contributed by atoms with Crippen LogP contribution in [0.1, 0.15) is 16.8 Å². The van der Waals surface area contributed by atoms with E-state index in [1.54, 1.807) is 6.20 Å². The van der Waals surface area contributed by atoms with Crippen LogP contribution in [0.25, 0.3) is 0 Å². The summed E-state index contributed by atoms with van der Waals surface area (Å²) in [6, 6.07) is 12.1. The summed E-state index contributed by atoms with van der Waals surface area (Å²) in [6.07, 6.45) is 4.24. The van der Waals surface area contributed by atoms with Crippen LogP contribution in [0.2, 0.25) is 0 Å². The molecule has 2 aromatic rings. The van der Waals surface area contributed by atoms with Crippen molar-refractivity contribution in [1.82, 2.24) is 10.3 Å². The summed E-state index contributed by atoms with van der Waals surface area (Å²) in [6.45, 7) is 0.645. The van der Waals surface area contributed by atoms with Crippen molar-refractivity contribution in [3.8, 4) is 0 Å². The molecule has 1 aliphatic carbocycles. The maximum atomic E-state index is 12.2. The van der Waals surface area contributed by atoms with Gasteiger partial charge in [-0.1, -0.05) is 28.1 Å². The average molecular weight is 345 g/mol. The van der Waals surface area contributed by atoms with Crippen molar-refractivity contribution in [1.29, 1.82) is 0 Å². The zero-order valence-corrected chi connectivity index (χ0v) is 13.3. The van der Waals surface area contributed by atoms with Crippen molar-refractivity contribution in [3.05, 3.63) is 63.9 Å². The van der Waals surface area contributed by atoms with E-state index in [9.17, 15) is 4.79 Å². The second kappa shape index (κ2) is 6.39. The quantitative estimate of drug-likeness (QED) is 0.926. The molecule has 1 amide bonds. The van der Waals surface area contributed by atoms with Gasteiger partial charge in [0.05, 0.1) is 0 Å². The maximum Gasteiger partial charge on any atom is 0.223 e. The van der Waals surface area contributed by atoms with Gasteiger partial charge in [0.1, 0.15) is 0 Å². The highest BCUT2D eigenvalue weighted by Crippen LogP contribution is 2.29. The monoisotopic (exact) mass is 344 g/mol. The minimum absolute atomic E-state index is 0.0676. The summed E-state index contributed by atoms with van der Waals surface area (Å²) in [4.78, 5) is 16.5. The third kappa shape index (κ3) is 3.50. The molecule has 0 radical (unpaired) electrons. The second-order valence-electron chi connectivity index (χ2n) is 5.38. The molecule has 1 N–H and O–H groups in total. The Hall–Kier alpha value is -1.68. The normalized spacial score (nSPS) is 16.5. The van der Waals surface area contributed by atoms with Gasteiger partial charge in [-0.3, -0.25) is 9.78 Å².